The number of fused-ring (bicyclic) bond motifs is 1. The molecule has 188 valence electrons. The summed E-state index contributed by atoms with van der Waals surface area (Å²) in [6.07, 6.45) is 3.13. The molecule has 37 heavy (non-hydrogen) atoms. The summed E-state index contributed by atoms with van der Waals surface area (Å²) in [4.78, 5) is 13.0. The van der Waals surface area contributed by atoms with Crippen LogP contribution in [0.1, 0.15) is 11.1 Å². The summed E-state index contributed by atoms with van der Waals surface area (Å²) >= 11 is 6.46. The summed E-state index contributed by atoms with van der Waals surface area (Å²) in [6.45, 7) is 1.70. The Morgan fingerprint density at radius 3 is 2.84 bits per heavy atom. The zero-order chi connectivity index (χ0) is 25.6. The molecule has 3 N–H and O–H groups in total. The zero-order valence-electron chi connectivity index (χ0n) is 19.8. The van der Waals surface area contributed by atoms with Crippen molar-refractivity contribution in [3.63, 3.8) is 0 Å². The largest absolute Gasteiger partial charge is 0.496 e. The molecule has 0 fully saturated rings. The normalized spacial score (nSPS) is 12.9. The van der Waals surface area contributed by atoms with E-state index >= 15 is 0 Å². The maximum absolute atomic E-state index is 13.4. The van der Waals surface area contributed by atoms with Crippen molar-refractivity contribution in [2.45, 2.75) is 6.61 Å². The molecule has 5 rings (SSSR count). The molecule has 0 unspecified atom stereocenters. The van der Waals surface area contributed by atoms with E-state index < -0.39 is 0 Å². The molecule has 9 nitrogen and oxygen atoms in total. The fraction of sp³-hybridized carbons (Fsp3) is 0.154. The van der Waals surface area contributed by atoms with Gasteiger partial charge < -0.3 is 20.1 Å². The number of ether oxygens (including phenoxy) is 2. The molecule has 11 heteroatoms. The van der Waals surface area contributed by atoms with Gasteiger partial charge in [0.2, 0.25) is 5.96 Å². The fourth-order valence-corrected chi connectivity index (χ4v) is 3.97. The van der Waals surface area contributed by atoms with Crippen LogP contribution >= 0.6 is 11.6 Å². The highest BCUT2D eigenvalue weighted by atomic mass is 35.5. The number of aliphatic imine (C=N–C) groups is 1. The number of guanidine groups is 1. The first kappa shape index (κ1) is 24.3. The minimum atomic E-state index is -0.313. The summed E-state index contributed by atoms with van der Waals surface area (Å²) < 4.78 is 24.7. The number of hydrogen-bond donors (Lipinski definition) is 3. The van der Waals surface area contributed by atoms with Crippen LogP contribution in [0.25, 0.3) is 10.9 Å². The van der Waals surface area contributed by atoms with Crippen LogP contribution in [0.15, 0.2) is 71.0 Å². The minimum Gasteiger partial charge on any atom is -0.496 e. The van der Waals surface area contributed by atoms with Gasteiger partial charge in [0.05, 0.1) is 30.4 Å². The lowest BCUT2D eigenvalue weighted by Gasteiger charge is -2.13. The van der Waals surface area contributed by atoms with Crippen molar-refractivity contribution in [2.24, 2.45) is 10.1 Å². The number of anilines is 2. The third kappa shape index (κ3) is 5.87. The Morgan fingerprint density at radius 2 is 2.05 bits per heavy atom. The number of nitrogens with one attached hydrogen (secondary N) is 3. The molecule has 1 aliphatic rings. The van der Waals surface area contributed by atoms with Crippen molar-refractivity contribution in [3.8, 4) is 11.5 Å². The number of nitrogens with zero attached hydrogens (tertiary/aromatic N) is 4. The van der Waals surface area contributed by atoms with Gasteiger partial charge in [0.25, 0.3) is 0 Å². The molecule has 0 aliphatic carbocycles. The van der Waals surface area contributed by atoms with Crippen molar-refractivity contribution in [2.75, 3.05) is 25.5 Å². The Labute approximate surface area is 217 Å². The predicted molar refractivity (Wildman–Crippen MR) is 143 cm³/mol. The fourth-order valence-electron chi connectivity index (χ4n) is 3.73. The second-order valence-electron chi connectivity index (χ2n) is 8.05. The highest BCUT2D eigenvalue weighted by molar-refractivity contribution is 6.32. The lowest BCUT2D eigenvalue weighted by molar-refractivity contribution is 0.306. The van der Waals surface area contributed by atoms with Crippen LogP contribution in [0.5, 0.6) is 11.5 Å². The molecule has 0 saturated heterocycles. The standard InChI is InChI=1S/C26H23ClFN7O2/c1-36-24-12-22-20(10-17(24)13-33-35-26-29-7-8-30-26)25(32-15-31-22)34-19-5-6-23(21(27)11-19)37-14-16-3-2-4-18(28)9-16/h2-6,9-13,15H,7-8,14H2,1H3,(H2,29,30,35)(H,31,32,34)/b33-13+. The van der Waals surface area contributed by atoms with Gasteiger partial charge in [0, 0.05) is 29.2 Å². The molecule has 0 bridgehead atoms. The predicted octanol–water partition coefficient (Wildman–Crippen LogP) is 4.64. The van der Waals surface area contributed by atoms with Gasteiger partial charge in [-0.1, -0.05) is 23.7 Å². The Hall–Kier alpha value is -4.44. The first-order valence-electron chi connectivity index (χ1n) is 11.4. The third-order valence-electron chi connectivity index (χ3n) is 5.51. The maximum atomic E-state index is 13.4. The quantitative estimate of drug-likeness (QED) is 0.230. The average molecular weight is 520 g/mol. The highest BCUT2D eigenvalue weighted by Crippen LogP contribution is 2.32. The summed E-state index contributed by atoms with van der Waals surface area (Å²) in [6, 6.07) is 15.3. The summed E-state index contributed by atoms with van der Waals surface area (Å²) in [5.41, 5.74) is 5.73. The van der Waals surface area contributed by atoms with Crippen LogP contribution in [-0.4, -0.2) is 42.3 Å². The van der Waals surface area contributed by atoms with E-state index in [4.69, 9.17) is 21.1 Å². The molecule has 1 aromatic heterocycles. The van der Waals surface area contributed by atoms with Crippen LogP contribution in [0.4, 0.5) is 15.9 Å². The first-order chi connectivity index (χ1) is 18.1. The zero-order valence-corrected chi connectivity index (χ0v) is 20.6. The maximum Gasteiger partial charge on any atom is 0.212 e. The van der Waals surface area contributed by atoms with Gasteiger partial charge >= 0.3 is 0 Å². The van der Waals surface area contributed by atoms with E-state index in [2.05, 4.69) is 36.1 Å². The molecule has 0 spiro atoms. The van der Waals surface area contributed by atoms with Crippen molar-refractivity contribution in [1.82, 2.24) is 20.7 Å². The van der Waals surface area contributed by atoms with Crippen LogP contribution in [0.2, 0.25) is 5.02 Å². The molecular weight excluding hydrogens is 497 g/mol. The van der Waals surface area contributed by atoms with E-state index in [1.54, 1.807) is 37.6 Å². The van der Waals surface area contributed by atoms with Gasteiger partial charge in [-0.3, -0.25) is 0 Å². The van der Waals surface area contributed by atoms with E-state index in [9.17, 15) is 4.39 Å². The third-order valence-corrected chi connectivity index (χ3v) is 5.81. The molecule has 0 saturated carbocycles. The van der Waals surface area contributed by atoms with E-state index in [1.807, 2.05) is 18.2 Å². The second kappa shape index (κ2) is 11.1. The van der Waals surface area contributed by atoms with E-state index in [-0.39, 0.29) is 12.4 Å². The Kier molecular flexibility index (Phi) is 7.27. The molecule has 4 aromatic rings. The Bertz CT molecular complexity index is 1500. The topological polar surface area (TPSA) is 105 Å². The lowest BCUT2D eigenvalue weighted by Crippen LogP contribution is -2.30. The van der Waals surface area contributed by atoms with Crippen LogP contribution in [0.3, 0.4) is 0 Å². The van der Waals surface area contributed by atoms with Crippen molar-refractivity contribution in [3.05, 3.63) is 82.9 Å². The van der Waals surface area contributed by atoms with Gasteiger partial charge in [-0.05, 0) is 42.0 Å². The average Bonchev–Trinajstić information content (AvgIpc) is 3.42. The monoisotopic (exact) mass is 519 g/mol. The first-order valence-corrected chi connectivity index (χ1v) is 11.8. The Balaban J connectivity index is 1.35. The number of benzene rings is 3. The molecule has 0 amide bonds. The molecule has 0 radical (unpaired) electrons. The Morgan fingerprint density at radius 1 is 1.14 bits per heavy atom. The van der Waals surface area contributed by atoms with Gasteiger partial charge in [-0.2, -0.15) is 5.10 Å². The van der Waals surface area contributed by atoms with Crippen LogP contribution in [0, 0.1) is 5.82 Å². The van der Waals surface area contributed by atoms with Gasteiger partial charge in [0.15, 0.2) is 0 Å². The highest BCUT2D eigenvalue weighted by Gasteiger charge is 2.12. The number of hydrogen-bond acceptors (Lipinski definition) is 9. The smallest absolute Gasteiger partial charge is 0.212 e. The van der Waals surface area contributed by atoms with Crippen molar-refractivity contribution >= 4 is 46.2 Å². The minimum absolute atomic E-state index is 0.200. The summed E-state index contributed by atoms with van der Waals surface area (Å²) in [7, 11) is 1.59. The van der Waals surface area contributed by atoms with Crippen molar-refractivity contribution in [1.29, 1.82) is 0 Å². The number of rotatable bonds is 8. The number of hydrazone groups is 1. The van der Waals surface area contributed by atoms with E-state index in [0.717, 1.165) is 17.5 Å². The molecule has 1 aliphatic heterocycles. The second-order valence-corrected chi connectivity index (χ2v) is 8.46. The number of aromatic nitrogens is 2. The van der Waals surface area contributed by atoms with Crippen LogP contribution < -0.4 is 25.5 Å². The van der Waals surface area contributed by atoms with Gasteiger partial charge in [-0.15, -0.1) is 0 Å². The van der Waals surface area contributed by atoms with E-state index in [0.29, 0.717) is 51.6 Å². The summed E-state index contributed by atoms with van der Waals surface area (Å²) in [5, 5.41) is 11.8. The molecule has 3 aromatic carbocycles. The molecular formula is C26H23ClFN7O2. The number of methoxy groups -OCH3 is 1. The lowest BCUT2D eigenvalue weighted by atomic mass is 10.1. The summed E-state index contributed by atoms with van der Waals surface area (Å²) in [5.74, 6) is 2.00. The van der Waals surface area contributed by atoms with Gasteiger partial charge in [0.1, 0.15) is 36.1 Å². The van der Waals surface area contributed by atoms with Gasteiger partial charge in [-0.25, -0.2) is 24.8 Å². The number of halogens is 2. The van der Waals surface area contributed by atoms with E-state index in [1.165, 1.54) is 18.5 Å². The SMILES string of the molecule is COc1cc2ncnc(Nc3ccc(OCc4cccc(F)c4)c(Cl)c3)c2cc1/C=N/NC1=NCCN1. The van der Waals surface area contributed by atoms with Crippen molar-refractivity contribution < 1.29 is 13.9 Å². The molecule has 0 atom stereocenters. The van der Waals surface area contributed by atoms with Crippen LogP contribution in [-0.2, 0) is 6.61 Å². The molecule has 2 heterocycles.